The number of para-hydroxylation sites is 1. The molecular weight excluding hydrogens is 430 g/mol. The van der Waals surface area contributed by atoms with Crippen LogP contribution in [0.3, 0.4) is 0 Å². The maximum Gasteiger partial charge on any atom is 0.242 e. The van der Waals surface area contributed by atoms with Crippen LogP contribution in [0, 0.1) is 6.92 Å². The fourth-order valence-electron chi connectivity index (χ4n) is 3.79. The fraction of sp³-hybridized carbons (Fsp3) is 0.304. The summed E-state index contributed by atoms with van der Waals surface area (Å²) in [6.07, 6.45) is 0.880. The van der Waals surface area contributed by atoms with E-state index in [1.54, 1.807) is 18.2 Å². The van der Waals surface area contributed by atoms with Crippen molar-refractivity contribution in [3.63, 3.8) is 0 Å². The van der Waals surface area contributed by atoms with E-state index in [9.17, 15) is 13.2 Å². The molecule has 1 amide bonds. The van der Waals surface area contributed by atoms with E-state index >= 15 is 0 Å². The maximum atomic E-state index is 13.1. The number of aryl methyl sites for hydroxylation is 1. The number of anilines is 1. The summed E-state index contributed by atoms with van der Waals surface area (Å²) >= 11 is 1.43. The highest BCUT2D eigenvalue weighted by Gasteiger charge is 2.28. The molecule has 2 heterocycles. The lowest BCUT2D eigenvalue weighted by Crippen LogP contribution is -2.35. The molecule has 162 valence electrons. The number of rotatable bonds is 5. The molecule has 0 radical (unpaired) electrons. The number of carbonyl (C=O) groups excluding carboxylic acids is 1. The number of fused-ring (bicyclic) bond motifs is 2. The van der Waals surface area contributed by atoms with E-state index in [1.807, 2.05) is 43.0 Å². The Balaban J connectivity index is 1.58. The summed E-state index contributed by atoms with van der Waals surface area (Å²) in [7, 11) is -0.478. The number of pyridine rings is 1. The molecule has 8 heteroatoms. The Bertz CT molecular complexity index is 1270. The van der Waals surface area contributed by atoms with Gasteiger partial charge in [-0.3, -0.25) is 4.79 Å². The van der Waals surface area contributed by atoms with Crippen LogP contribution in [0.2, 0.25) is 0 Å². The van der Waals surface area contributed by atoms with E-state index in [-0.39, 0.29) is 16.1 Å². The average Bonchev–Trinajstić information content (AvgIpc) is 3.17. The van der Waals surface area contributed by atoms with Crippen LogP contribution in [0.1, 0.15) is 18.1 Å². The first-order chi connectivity index (χ1) is 14.7. The predicted molar refractivity (Wildman–Crippen MR) is 125 cm³/mol. The molecule has 6 nitrogen and oxygen atoms in total. The number of sulfonamides is 1. The fourth-order valence-corrected chi connectivity index (χ4v) is 5.71. The van der Waals surface area contributed by atoms with Gasteiger partial charge in [-0.25, -0.2) is 17.7 Å². The van der Waals surface area contributed by atoms with Gasteiger partial charge in [-0.1, -0.05) is 30.0 Å². The molecule has 0 saturated carbocycles. The van der Waals surface area contributed by atoms with Gasteiger partial charge in [0.1, 0.15) is 0 Å². The second kappa shape index (κ2) is 8.26. The van der Waals surface area contributed by atoms with E-state index in [1.165, 1.54) is 35.7 Å². The molecule has 0 spiro atoms. The van der Waals surface area contributed by atoms with Crippen LogP contribution < -0.4 is 4.90 Å². The van der Waals surface area contributed by atoms with Gasteiger partial charge in [0.15, 0.2) is 0 Å². The molecule has 1 aliphatic rings. The van der Waals surface area contributed by atoms with E-state index in [0.29, 0.717) is 12.1 Å². The van der Waals surface area contributed by atoms with E-state index in [4.69, 9.17) is 0 Å². The highest BCUT2D eigenvalue weighted by Crippen LogP contribution is 2.33. The summed E-state index contributed by atoms with van der Waals surface area (Å²) in [6.45, 7) is 4.54. The molecular formula is C23H25N3O3S2. The van der Waals surface area contributed by atoms with Crippen LogP contribution in [0.15, 0.2) is 58.5 Å². The molecule has 2 aromatic carbocycles. The van der Waals surface area contributed by atoms with E-state index < -0.39 is 10.0 Å². The zero-order valence-corrected chi connectivity index (χ0v) is 19.6. The van der Waals surface area contributed by atoms with Gasteiger partial charge in [0.05, 0.1) is 20.7 Å². The quantitative estimate of drug-likeness (QED) is 0.547. The highest BCUT2D eigenvalue weighted by molar-refractivity contribution is 8.00. The Labute approximate surface area is 187 Å². The Kier molecular flexibility index (Phi) is 5.81. The molecule has 1 aliphatic heterocycles. The van der Waals surface area contributed by atoms with Gasteiger partial charge >= 0.3 is 0 Å². The monoisotopic (exact) mass is 455 g/mol. The molecule has 0 fully saturated rings. The second-order valence-electron chi connectivity index (χ2n) is 7.87. The SMILES string of the molecule is Cc1cc(S[C@H](C)C(=O)N2CCc3ccccc32)nc2ccc(S(=O)(=O)N(C)C)cc12. The third-order valence-electron chi connectivity index (χ3n) is 5.54. The van der Waals surface area contributed by atoms with Crippen LogP contribution >= 0.6 is 11.8 Å². The molecule has 1 aromatic heterocycles. The van der Waals surface area contributed by atoms with Gasteiger partial charge in [0.25, 0.3) is 0 Å². The molecule has 0 saturated heterocycles. The minimum Gasteiger partial charge on any atom is -0.311 e. The summed E-state index contributed by atoms with van der Waals surface area (Å²) in [6, 6.07) is 14.9. The molecule has 0 bridgehead atoms. The van der Waals surface area contributed by atoms with Crippen LogP contribution in [0.25, 0.3) is 10.9 Å². The Morgan fingerprint density at radius 2 is 1.90 bits per heavy atom. The number of amides is 1. The third-order valence-corrected chi connectivity index (χ3v) is 8.36. The Morgan fingerprint density at radius 1 is 1.16 bits per heavy atom. The normalized spacial score (nSPS) is 14.8. The van der Waals surface area contributed by atoms with Crippen molar-refractivity contribution in [3.8, 4) is 0 Å². The predicted octanol–water partition coefficient (Wildman–Crippen LogP) is 3.86. The summed E-state index contributed by atoms with van der Waals surface area (Å²) in [4.78, 5) is 19.9. The van der Waals surface area contributed by atoms with Gasteiger partial charge in [-0.2, -0.15) is 0 Å². The van der Waals surface area contributed by atoms with Crippen molar-refractivity contribution < 1.29 is 13.2 Å². The lowest BCUT2D eigenvalue weighted by molar-refractivity contribution is -0.117. The summed E-state index contributed by atoms with van der Waals surface area (Å²) in [5.41, 5.74) is 3.84. The summed E-state index contributed by atoms with van der Waals surface area (Å²) < 4.78 is 26.1. The van der Waals surface area contributed by atoms with Gasteiger partial charge < -0.3 is 4.90 Å². The second-order valence-corrected chi connectivity index (χ2v) is 11.4. The van der Waals surface area contributed by atoms with Crippen LogP contribution in [0.5, 0.6) is 0 Å². The number of hydrogen-bond acceptors (Lipinski definition) is 5. The van der Waals surface area contributed by atoms with Crippen molar-refractivity contribution in [2.24, 2.45) is 0 Å². The number of thioether (sulfide) groups is 1. The highest BCUT2D eigenvalue weighted by atomic mass is 32.2. The number of aromatic nitrogens is 1. The Hall–Kier alpha value is -2.42. The Morgan fingerprint density at radius 3 is 2.65 bits per heavy atom. The number of carbonyl (C=O) groups is 1. The lowest BCUT2D eigenvalue weighted by atomic mass is 10.1. The van der Waals surface area contributed by atoms with Gasteiger partial charge in [0, 0.05) is 31.7 Å². The van der Waals surface area contributed by atoms with Crippen molar-refractivity contribution in [1.82, 2.24) is 9.29 Å². The first-order valence-corrected chi connectivity index (χ1v) is 12.4. The minimum absolute atomic E-state index is 0.0712. The van der Waals surface area contributed by atoms with Crippen LogP contribution in [-0.4, -0.2) is 49.5 Å². The molecule has 0 unspecified atom stereocenters. The van der Waals surface area contributed by atoms with Crippen LogP contribution in [-0.2, 0) is 21.2 Å². The van der Waals surface area contributed by atoms with Crippen LogP contribution in [0.4, 0.5) is 5.69 Å². The van der Waals surface area contributed by atoms with Crippen molar-refractivity contribution in [3.05, 3.63) is 59.7 Å². The lowest BCUT2D eigenvalue weighted by Gasteiger charge is -2.21. The number of hydrogen-bond donors (Lipinski definition) is 0. The molecule has 3 aromatic rings. The van der Waals surface area contributed by atoms with Gasteiger partial charge in [-0.15, -0.1) is 0 Å². The van der Waals surface area contributed by atoms with Crippen molar-refractivity contribution >= 4 is 44.3 Å². The van der Waals surface area contributed by atoms with Gasteiger partial charge in [0.2, 0.25) is 15.9 Å². The van der Waals surface area contributed by atoms with Crippen molar-refractivity contribution in [2.45, 2.75) is 35.4 Å². The number of nitrogens with zero attached hydrogens (tertiary/aromatic N) is 3. The standard InChI is InChI=1S/C23H25N3O3S2/c1-15-13-22(24-20-10-9-18(14-19(15)20)31(28,29)25(3)4)30-16(2)23(27)26-12-11-17-7-5-6-8-21(17)26/h5-10,13-14,16H,11-12H2,1-4H3/t16-/m1/s1. The van der Waals surface area contributed by atoms with E-state index in [0.717, 1.165) is 28.1 Å². The van der Waals surface area contributed by atoms with E-state index in [2.05, 4.69) is 11.1 Å². The smallest absolute Gasteiger partial charge is 0.242 e. The molecule has 1 atom stereocenters. The molecule has 0 N–H and O–H groups in total. The van der Waals surface area contributed by atoms with Crippen molar-refractivity contribution in [1.29, 1.82) is 0 Å². The first kappa shape index (κ1) is 21.8. The molecule has 0 aliphatic carbocycles. The third kappa shape index (κ3) is 4.07. The summed E-state index contributed by atoms with van der Waals surface area (Å²) in [5, 5.41) is 1.25. The number of benzene rings is 2. The topological polar surface area (TPSA) is 70.6 Å². The minimum atomic E-state index is -3.51. The summed E-state index contributed by atoms with van der Waals surface area (Å²) in [5.74, 6) is 0.0712. The average molecular weight is 456 g/mol. The zero-order valence-electron chi connectivity index (χ0n) is 18.0. The first-order valence-electron chi connectivity index (χ1n) is 10.1. The largest absolute Gasteiger partial charge is 0.311 e. The molecule has 31 heavy (non-hydrogen) atoms. The van der Waals surface area contributed by atoms with Gasteiger partial charge in [-0.05, 0) is 61.7 Å². The molecule has 4 rings (SSSR count). The van der Waals surface area contributed by atoms with Crippen molar-refractivity contribution in [2.75, 3.05) is 25.5 Å². The maximum absolute atomic E-state index is 13.1. The zero-order chi connectivity index (χ0) is 22.3.